The normalized spacial score (nSPS) is 13.6. The predicted octanol–water partition coefficient (Wildman–Crippen LogP) is 0.191. The van der Waals surface area contributed by atoms with E-state index in [1.807, 2.05) is 0 Å². The van der Waals surface area contributed by atoms with Crippen LogP contribution in [0.1, 0.15) is 0 Å². The Kier molecular flexibility index (Phi) is 5.99. The van der Waals surface area contributed by atoms with Gasteiger partial charge < -0.3 is 8.37 Å². The Morgan fingerprint density at radius 3 is 1.07 bits per heavy atom. The third-order valence-electron chi connectivity index (χ3n) is 3.14. The van der Waals surface area contributed by atoms with Gasteiger partial charge in [-0.15, -0.1) is 0 Å². The van der Waals surface area contributed by atoms with Gasteiger partial charge >= 0.3 is 43.2 Å². The summed E-state index contributed by atoms with van der Waals surface area (Å²) in [5, 5.41) is 0. The van der Waals surface area contributed by atoms with Gasteiger partial charge in [0.2, 0.25) is 0 Å². The lowest BCUT2D eigenvalue weighted by atomic mass is 10.3. The van der Waals surface area contributed by atoms with Crippen LogP contribution in [0.25, 0.3) is 0 Å². The highest BCUT2D eigenvalue weighted by Gasteiger charge is 2.79. The standard InChI is InChI=1S/C13H12O12S4/c14-26(15,16)13(27(17,18)19,28(20,21)24-11-7-3-1-4-8-11)29(22,23)25-12-9-5-2-6-10-12/h1-10H,(H,14,15,16)(H,17,18,19). The summed E-state index contributed by atoms with van der Waals surface area (Å²) in [5.74, 6) is -1.45. The number of benzene rings is 2. The Balaban J connectivity index is 2.86. The van der Waals surface area contributed by atoms with Crippen LogP contribution in [0.2, 0.25) is 0 Å². The molecule has 2 rings (SSSR count). The van der Waals surface area contributed by atoms with Crippen molar-refractivity contribution in [2.75, 3.05) is 0 Å². The van der Waals surface area contributed by atoms with E-state index in [1.54, 1.807) is 0 Å². The minimum Gasteiger partial charge on any atom is -0.380 e. The molecule has 160 valence electrons. The van der Waals surface area contributed by atoms with Crippen molar-refractivity contribution in [2.45, 2.75) is 2.74 Å². The molecule has 0 amide bonds. The van der Waals surface area contributed by atoms with Gasteiger partial charge in [-0.25, -0.2) is 0 Å². The quantitative estimate of drug-likeness (QED) is 0.378. The molecule has 29 heavy (non-hydrogen) atoms. The second-order valence-corrected chi connectivity index (χ2v) is 13.2. The van der Waals surface area contributed by atoms with Crippen LogP contribution in [0.4, 0.5) is 0 Å². The van der Waals surface area contributed by atoms with Gasteiger partial charge in [0.1, 0.15) is 11.5 Å². The van der Waals surface area contributed by atoms with E-state index >= 15 is 0 Å². The lowest BCUT2D eigenvalue weighted by molar-refractivity contribution is 0.427. The Hall–Kier alpha value is -2.24. The molecule has 0 radical (unpaired) electrons. The molecule has 0 fully saturated rings. The van der Waals surface area contributed by atoms with Gasteiger partial charge in [0.25, 0.3) is 0 Å². The molecule has 0 aromatic heterocycles. The first-order valence-corrected chi connectivity index (χ1v) is 12.8. The predicted molar refractivity (Wildman–Crippen MR) is 97.8 cm³/mol. The first kappa shape index (κ1) is 23.0. The fourth-order valence-electron chi connectivity index (χ4n) is 2.08. The Bertz CT molecular complexity index is 1190. The van der Waals surface area contributed by atoms with Crippen molar-refractivity contribution in [1.82, 2.24) is 0 Å². The van der Waals surface area contributed by atoms with E-state index < -0.39 is 54.7 Å². The van der Waals surface area contributed by atoms with Crippen LogP contribution < -0.4 is 8.37 Å². The molecule has 12 nitrogen and oxygen atoms in total. The zero-order valence-electron chi connectivity index (χ0n) is 13.9. The zero-order valence-corrected chi connectivity index (χ0v) is 17.1. The van der Waals surface area contributed by atoms with Crippen LogP contribution in [-0.4, -0.2) is 45.5 Å². The maximum absolute atomic E-state index is 12.6. The second-order valence-electron chi connectivity index (χ2n) is 5.15. The number of para-hydroxylation sites is 2. The van der Waals surface area contributed by atoms with Crippen LogP contribution in [0.5, 0.6) is 11.5 Å². The smallest absolute Gasteiger partial charge is 0.380 e. The summed E-state index contributed by atoms with van der Waals surface area (Å²) in [6.07, 6.45) is 0. The fraction of sp³-hybridized carbons (Fsp3) is 0.0769. The first-order valence-electron chi connectivity index (χ1n) is 7.08. The largest absolute Gasteiger partial charge is 0.486 e. The van der Waals surface area contributed by atoms with E-state index in [-0.39, 0.29) is 0 Å². The molecule has 2 aromatic carbocycles. The molecule has 0 bridgehead atoms. The van der Waals surface area contributed by atoms with Crippen molar-refractivity contribution in [2.24, 2.45) is 0 Å². The van der Waals surface area contributed by atoms with E-state index in [2.05, 4.69) is 8.37 Å². The van der Waals surface area contributed by atoms with E-state index in [0.717, 1.165) is 24.3 Å². The summed E-state index contributed by atoms with van der Waals surface area (Å²) in [4.78, 5) is 0. The number of rotatable bonds is 8. The van der Waals surface area contributed by atoms with Gasteiger partial charge in [0.15, 0.2) is 0 Å². The third-order valence-corrected chi connectivity index (χ3v) is 13.9. The summed E-state index contributed by atoms with van der Waals surface area (Å²) < 4.78 is 120. The molecule has 0 heterocycles. The van der Waals surface area contributed by atoms with Gasteiger partial charge in [-0.05, 0) is 24.3 Å². The van der Waals surface area contributed by atoms with Crippen molar-refractivity contribution < 1.29 is 51.1 Å². The van der Waals surface area contributed by atoms with Crippen LogP contribution in [-0.2, 0) is 40.5 Å². The highest BCUT2D eigenvalue weighted by molar-refractivity contribution is 8.35. The number of hydrogen-bond acceptors (Lipinski definition) is 10. The van der Waals surface area contributed by atoms with Crippen LogP contribution in [0.15, 0.2) is 60.7 Å². The molecular weight excluding hydrogens is 476 g/mol. The summed E-state index contributed by atoms with van der Waals surface area (Å²) >= 11 is 0. The van der Waals surface area contributed by atoms with Crippen molar-refractivity contribution >= 4 is 40.5 Å². The summed E-state index contributed by atoms with van der Waals surface area (Å²) in [7, 11) is -26.2. The topological polar surface area (TPSA) is 195 Å². The maximum Gasteiger partial charge on any atom is 0.486 e. The van der Waals surface area contributed by atoms with Gasteiger partial charge in [-0.1, -0.05) is 36.4 Å². The van der Waals surface area contributed by atoms with E-state index in [0.29, 0.717) is 0 Å². The van der Waals surface area contributed by atoms with E-state index in [9.17, 15) is 42.8 Å². The molecule has 16 heteroatoms. The molecule has 0 aliphatic carbocycles. The van der Waals surface area contributed by atoms with Crippen LogP contribution >= 0.6 is 0 Å². The molecule has 2 aromatic rings. The monoisotopic (exact) mass is 488 g/mol. The second kappa shape index (κ2) is 7.54. The molecule has 0 aliphatic heterocycles. The Morgan fingerprint density at radius 2 is 0.828 bits per heavy atom. The molecule has 0 saturated heterocycles. The number of hydrogen-bond donors (Lipinski definition) is 2. The summed E-state index contributed by atoms with van der Waals surface area (Å²) in [5.41, 5.74) is 0. The minimum absolute atomic E-state index is 0.723. The molecular formula is C13H12O12S4. The van der Waals surface area contributed by atoms with Crippen molar-refractivity contribution in [3.8, 4) is 11.5 Å². The lowest BCUT2D eigenvalue weighted by Gasteiger charge is -2.25. The third kappa shape index (κ3) is 4.07. The SMILES string of the molecule is O=S(=O)(O)C(S(=O)(=O)O)(S(=O)(=O)Oc1ccccc1)S(=O)(=O)Oc1ccccc1. The molecule has 0 spiro atoms. The Morgan fingerprint density at radius 1 is 0.552 bits per heavy atom. The van der Waals surface area contributed by atoms with Crippen molar-refractivity contribution in [1.29, 1.82) is 0 Å². The van der Waals surface area contributed by atoms with Crippen molar-refractivity contribution in [3.63, 3.8) is 0 Å². The summed E-state index contributed by atoms with van der Waals surface area (Å²) in [6.45, 7) is 0. The van der Waals surface area contributed by atoms with Gasteiger partial charge in [0, 0.05) is 0 Å². The molecule has 0 aliphatic rings. The zero-order chi connectivity index (χ0) is 22.1. The highest BCUT2D eigenvalue weighted by Crippen LogP contribution is 2.39. The molecule has 0 atom stereocenters. The average Bonchev–Trinajstić information content (AvgIpc) is 2.52. The Labute approximate surface area is 166 Å². The lowest BCUT2D eigenvalue weighted by Crippen LogP contribution is -2.60. The van der Waals surface area contributed by atoms with Gasteiger partial charge in [-0.3, -0.25) is 9.11 Å². The molecule has 2 N–H and O–H groups in total. The van der Waals surface area contributed by atoms with Crippen molar-refractivity contribution in [3.05, 3.63) is 60.7 Å². The average molecular weight is 488 g/mol. The van der Waals surface area contributed by atoms with E-state index in [1.165, 1.54) is 36.4 Å². The fourth-order valence-corrected chi connectivity index (χ4v) is 9.82. The highest BCUT2D eigenvalue weighted by atomic mass is 32.4. The first-order chi connectivity index (χ1) is 13.2. The maximum atomic E-state index is 12.6. The molecule has 0 unspecified atom stereocenters. The van der Waals surface area contributed by atoms with Crippen LogP contribution in [0, 0.1) is 0 Å². The van der Waals surface area contributed by atoms with E-state index in [4.69, 9.17) is 0 Å². The van der Waals surface area contributed by atoms with Gasteiger partial charge in [-0.2, -0.15) is 33.7 Å². The van der Waals surface area contributed by atoms with Gasteiger partial charge in [0.05, 0.1) is 0 Å². The minimum atomic E-state index is -6.70. The van der Waals surface area contributed by atoms with Crippen LogP contribution in [0.3, 0.4) is 0 Å². The summed E-state index contributed by atoms with van der Waals surface area (Å²) in [6, 6.07) is 11.1. The molecule has 0 saturated carbocycles.